The van der Waals surface area contributed by atoms with Crippen molar-refractivity contribution in [3.63, 3.8) is 0 Å². The van der Waals surface area contributed by atoms with E-state index in [1.54, 1.807) is 7.05 Å². The molecule has 0 aliphatic carbocycles. The Balaban J connectivity index is 2.42. The Morgan fingerprint density at radius 2 is 2.00 bits per heavy atom. The summed E-state index contributed by atoms with van der Waals surface area (Å²) in [6.07, 6.45) is 5.21. The monoisotopic (exact) mass is 345 g/mol. The summed E-state index contributed by atoms with van der Waals surface area (Å²) >= 11 is 0. The predicted octanol–water partition coefficient (Wildman–Crippen LogP) is 0.130. The molecule has 0 aromatic heterocycles. The summed E-state index contributed by atoms with van der Waals surface area (Å²) < 4.78 is 25.3. The SMILES string of the molecule is C=CCN1CCC(NC(=NC)NCC(C)(C)NS(C)(=O)=O)CC1. The van der Waals surface area contributed by atoms with E-state index in [1.807, 2.05) is 19.9 Å². The molecule has 0 radical (unpaired) electrons. The van der Waals surface area contributed by atoms with Gasteiger partial charge in [-0.05, 0) is 26.7 Å². The van der Waals surface area contributed by atoms with Gasteiger partial charge in [-0.15, -0.1) is 6.58 Å². The molecule has 23 heavy (non-hydrogen) atoms. The highest BCUT2D eigenvalue weighted by atomic mass is 32.2. The van der Waals surface area contributed by atoms with E-state index < -0.39 is 15.6 Å². The molecule has 0 amide bonds. The van der Waals surface area contributed by atoms with E-state index in [0.29, 0.717) is 18.5 Å². The van der Waals surface area contributed by atoms with Crippen molar-refractivity contribution in [3.8, 4) is 0 Å². The lowest BCUT2D eigenvalue weighted by atomic mass is 10.1. The van der Waals surface area contributed by atoms with E-state index in [2.05, 4.69) is 31.8 Å². The zero-order valence-corrected chi connectivity index (χ0v) is 15.5. The van der Waals surface area contributed by atoms with Crippen LogP contribution in [-0.2, 0) is 10.0 Å². The number of guanidine groups is 1. The van der Waals surface area contributed by atoms with Crippen molar-refractivity contribution < 1.29 is 8.42 Å². The van der Waals surface area contributed by atoms with E-state index in [-0.39, 0.29) is 0 Å². The third-order valence-corrected chi connectivity index (χ3v) is 4.62. The first kappa shape index (κ1) is 19.9. The molecule has 0 saturated carbocycles. The molecule has 3 N–H and O–H groups in total. The molecule has 0 aromatic carbocycles. The Bertz CT molecular complexity index is 508. The molecule has 0 unspecified atom stereocenters. The zero-order valence-electron chi connectivity index (χ0n) is 14.7. The molecule has 134 valence electrons. The van der Waals surface area contributed by atoms with E-state index in [9.17, 15) is 8.42 Å². The van der Waals surface area contributed by atoms with Crippen LogP contribution < -0.4 is 15.4 Å². The Kier molecular flexibility index (Phi) is 7.50. The van der Waals surface area contributed by atoms with Gasteiger partial charge in [0.05, 0.1) is 6.26 Å². The number of likely N-dealkylation sites (tertiary alicyclic amines) is 1. The van der Waals surface area contributed by atoms with Gasteiger partial charge in [0.15, 0.2) is 5.96 Å². The van der Waals surface area contributed by atoms with Crippen LogP contribution >= 0.6 is 0 Å². The largest absolute Gasteiger partial charge is 0.355 e. The first-order valence-corrected chi connectivity index (χ1v) is 9.84. The molecule has 1 fully saturated rings. The second kappa shape index (κ2) is 8.65. The lowest BCUT2D eigenvalue weighted by molar-refractivity contribution is 0.225. The Morgan fingerprint density at radius 3 is 2.48 bits per heavy atom. The second-order valence-electron chi connectivity index (χ2n) is 6.69. The summed E-state index contributed by atoms with van der Waals surface area (Å²) in [7, 11) is -1.52. The topological polar surface area (TPSA) is 85.8 Å². The van der Waals surface area contributed by atoms with Gasteiger partial charge in [-0.25, -0.2) is 13.1 Å². The van der Waals surface area contributed by atoms with Gasteiger partial charge >= 0.3 is 0 Å². The maximum absolute atomic E-state index is 11.4. The summed E-state index contributed by atoms with van der Waals surface area (Å²) in [5, 5.41) is 6.61. The summed E-state index contributed by atoms with van der Waals surface area (Å²) in [5.41, 5.74) is -0.585. The Labute approximate surface area is 140 Å². The van der Waals surface area contributed by atoms with Gasteiger partial charge in [0.1, 0.15) is 0 Å². The van der Waals surface area contributed by atoms with Crippen LogP contribution in [0.25, 0.3) is 0 Å². The van der Waals surface area contributed by atoms with E-state index in [1.165, 1.54) is 6.26 Å². The molecule has 1 aliphatic heterocycles. The third kappa shape index (κ3) is 8.34. The Hall–Kier alpha value is -1.12. The molecule has 1 heterocycles. The lowest BCUT2D eigenvalue weighted by Crippen LogP contribution is -2.55. The normalized spacial score (nSPS) is 18.7. The van der Waals surface area contributed by atoms with Crippen molar-refractivity contribution in [2.24, 2.45) is 4.99 Å². The summed E-state index contributed by atoms with van der Waals surface area (Å²) in [4.78, 5) is 6.60. The summed E-state index contributed by atoms with van der Waals surface area (Å²) in [6.45, 7) is 10.9. The standard InChI is InChI=1S/C15H31N5O2S/c1-6-9-20-10-7-13(8-11-20)18-14(16-4)17-12-15(2,3)19-23(5,21)22/h6,13,19H,1,7-12H2,2-5H3,(H2,16,17,18). The molecule has 0 spiro atoms. The fourth-order valence-corrected chi connectivity index (χ4v) is 3.75. The molecular formula is C15H31N5O2S. The van der Waals surface area contributed by atoms with Gasteiger partial charge in [-0.1, -0.05) is 6.08 Å². The highest BCUT2D eigenvalue weighted by Gasteiger charge is 2.23. The number of hydrogen-bond donors (Lipinski definition) is 3. The minimum Gasteiger partial charge on any atom is -0.355 e. The van der Waals surface area contributed by atoms with Crippen LogP contribution in [0.5, 0.6) is 0 Å². The van der Waals surface area contributed by atoms with Crippen molar-refractivity contribution >= 4 is 16.0 Å². The Morgan fingerprint density at radius 1 is 1.39 bits per heavy atom. The van der Waals surface area contributed by atoms with Crippen LogP contribution in [0.2, 0.25) is 0 Å². The summed E-state index contributed by atoms with van der Waals surface area (Å²) in [6, 6.07) is 0.383. The molecule has 8 heteroatoms. The second-order valence-corrected chi connectivity index (χ2v) is 8.44. The molecule has 1 aliphatic rings. The van der Waals surface area contributed by atoms with Crippen LogP contribution in [0, 0.1) is 0 Å². The number of nitrogens with one attached hydrogen (secondary N) is 3. The lowest BCUT2D eigenvalue weighted by Gasteiger charge is -2.33. The number of rotatable bonds is 7. The van der Waals surface area contributed by atoms with E-state index in [4.69, 9.17) is 0 Å². The van der Waals surface area contributed by atoms with Gasteiger partial charge in [-0.2, -0.15) is 0 Å². The minimum absolute atomic E-state index is 0.383. The number of aliphatic imine (C=N–C) groups is 1. The molecule has 1 rings (SSSR count). The van der Waals surface area contributed by atoms with Gasteiger partial charge in [0.2, 0.25) is 10.0 Å². The van der Waals surface area contributed by atoms with Crippen molar-refractivity contribution in [2.75, 3.05) is 39.5 Å². The highest BCUT2D eigenvalue weighted by Crippen LogP contribution is 2.10. The van der Waals surface area contributed by atoms with Crippen molar-refractivity contribution in [3.05, 3.63) is 12.7 Å². The van der Waals surface area contributed by atoms with Gasteiger partial charge in [0.25, 0.3) is 0 Å². The molecular weight excluding hydrogens is 314 g/mol. The maximum Gasteiger partial charge on any atom is 0.209 e. The molecule has 0 bridgehead atoms. The van der Waals surface area contributed by atoms with Gasteiger partial charge in [0, 0.05) is 44.8 Å². The fourth-order valence-electron chi connectivity index (χ4n) is 2.67. The molecule has 7 nitrogen and oxygen atoms in total. The first-order valence-electron chi connectivity index (χ1n) is 7.94. The smallest absolute Gasteiger partial charge is 0.209 e. The van der Waals surface area contributed by atoms with Crippen LogP contribution in [0.3, 0.4) is 0 Å². The summed E-state index contributed by atoms with van der Waals surface area (Å²) in [5.74, 6) is 0.704. The van der Waals surface area contributed by atoms with Crippen LogP contribution in [0.15, 0.2) is 17.6 Å². The van der Waals surface area contributed by atoms with Gasteiger partial charge in [-0.3, -0.25) is 9.89 Å². The number of nitrogens with zero attached hydrogens (tertiary/aromatic N) is 2. The minimum atomic E-state index is -3.24. The average molecular weight is 346 g/mol. The zero-order chi connectivity index (χ0) is 17.5. The quantitative estimate of drug-likeness (QED) is 0.347. The molecule has 1 saturated heterocycles. The average Bonchev–Trinajstić information content (AvgIpc) is 2.43. The van der Waals surface area contributed by atoms with Gasteiger partial charge < -0.3 is 10.6 Å². The highest BCUT2D eigenvalue weighted by molar-refractivity contribution is 7.88. The van der Waals surface area contributed by atoms with Crippen LogP contribution in [-0.4, -0.2) is 70.3 Å². The number of piperidine rings is 1. The van der Waals surface area contributed by atoms with E-state index in [0.717, 1.165) is 32.5 Å². The van der Waals surface area contributed by atoms with Crippen molar-refractivity contribution in [1.82, 2.24) is 20.3 Å². The number of hydrogen-bond acceptors (Lipinski definition) is 4. The maximum atomic E-state index is 11.4. The predicted molar refractivity (Wildman–Crippen MR) is 96.2 cm³/mol. The fraction of sp³-hybridized carbons (Fsp3) is 0.800. The van der Waals surface area contributed by atoms with Crippen molar-refractivity contribution in [2.45, 2.75) is 38.3 Å². The van der Waals surface area contributed by atoms with Crippen molar-refractivity contribution in [1.29, 1.82) is 0 Å². The number of sulfonamides is 1. The van der Waals surface area contributed by atoms with Crippen LogP contribution in [0.4, 0.5) is 0 Å². The van der Waals surface area contributed by atoms with Crippen LogP contribution in [0.1, 0.15) is 26.7 Å². The molecule has 0 aromatic rings. The third-order valence-electron chi connectivity index (χ3n) is 3.70. The molecule has 0 atom stereocenters. The van der Waals surface area contributed by atoms with E-state index >= 15 is 0 Å². The first-order chi connectivity index (χ1) is 10.6.